The average molecular weight is 483 g/mol. The Hall–Kier alpha value is -3.59. The second-order valence-electron chi connectivity index (χ2n) is 8.92. The number of hydrogen-bond acceptors (Lipinski definition) is 5. The predicted octanol–water partition coefficient (Wildman–Crippen LogP) is 3.68. The van der Waals surface area contributed by atoms with Gasteiger partial charge in [0.05, 0.1) is 17.7 Å². The molecule has 9 heteroatoms. The van der Waals surface area contributed by atoms with E-state index in [0.717, 1.165) is 0 Å². The van der Waals surface area contributed by atoms with Gasteiger partial charge in [0.15, 0.2) is 0 Å². The van der Waals surface area contributed by atoms with Crippen LogP contribution in [0.25, 0.3) is 0 Å². The van der Waals surface area contributed by atoms with Gasteiger partial charge in [-0.1, -0.05) is 25.1 Å². The molecule has 9 nitrogen and oxygen atoms in total. The molecule has 0 saturated carbocycles. The van der Waals surface area contributed by atoms with E-state index in [0.29, 0.717) is 35.8 Å². The number of carbonyl (C=O) groups is 3. The second-order valence-corrected chi connectivity index (χ2v) is 8.92. The molecule has 0 unspecified atom stereocenters. The third kappa shape index (κ3) is 6.73. The predicted molar refractivity (Wildman–Crippen MR) is 135 cm³/mol. The molecule has 2 aromatic carbocycles. The van der Waals surface area contributed by atoms with E-state index in [1.807, 2.05) is 32.0 Å². The van der Waals surface area contributed by atoms with Crippen molar-refractivity contribution in [2.24, 2.45) is 5.92 Å². The van der Waals surface area contributed by atoms with Gasteiger partial charge in [-0.15, -0.1) is 0 Å². The number of likely N-dealkylation sites (N-methyl/N-ethyl adjacent to an activating group) is 1. The zero-order chi connectivity index (χ0) is 25.5. The number of hydrogen-bond donors (Lipinski definition) is 2. The van der Waals surface area contributed by atoms with Crippen LogP contribution in [0, 0.1) is 5.92 Å². The fraction of sp³-hybridized carbons (Fsp3) is 0.423. The highest BCUT2D eigenvalue weighted by molar-refractivity contribution is 6.01. The van der Waals surface area contributed by atoms with E-state index in [1.54, 1.807) is 54.3 Å². The largest absolute Gasteiger partial charge is 0.491 e. The van der Waals surface area contributed by atoms with Gasteiger partial charge in [-0.05, 0) is 31.2 Å². The molecule has 35 heavy (non-hydrogen) atoms. The molecule has 188 valence electrons. The molecule has 3 rings (SSSR count). The Morgan fingerprint density at radius 3 is 2.37 bits per heavy atom. The maximum absolute atomic E-state index is 13.3. The summed E-state index contributed by atoms with van der Waals surface area (Å²) in [5, 5.41) is 5.53. The van der Waals surface area contributed by atoms with E-state index in [9.17, 15) is 14.4 Å². The normalized spacial score (nSPS) is 21.2. The molecule has 3 atom stereocenters. The van der Waals surface area contributed by atoms with Gasteiger partial charge in [0.1, 0.15) is 12.4 Å². The Balaban J connectivity index is 1.88. The van der Waals surface area contributed by atoms with Gasteiger partial charge in [-0.2, -0.15) is 0 Å². The zero-order valence-corrected chi connectivity index (χ0v) is 20.9. The van der Waals surface area contributed by atoms with Gasteiger partial charge in [-0.3, -0.25) is 9.59 Å². The lowest BCUT2D eigenvalue weighted by molar-refractivity contribution is -0.133. The molecular formula is C26H34N4O5. The molecule has 0 radical (unpaired) electrons. The molecule has 0 saturated heterocycles. The van der Waals surface area contributed by atoms with E-state index < -0.39 is 6.03 Å². The van der Waals surface area contributed by atoms with Crippen LogP contribution in [0.1, 0.15) is 31.1 Å². The Morgan fingerprint density at radius 1 is 1.03 bits per heavy atom. The quantitative estimate of drug-likeness (QED) is 0.695. The molecule has 2 aromatic rings. The topological polar surface area (TPSA) is 100 Å². The Bertz CT molecular complexity index is 1050. The van der Waals surface area contributed by atoms with Gasteiger partial charge >= 0.3 is 6.03 Å². The SMILES string of the molecule is CO[C@@H]1CN(C)C(=O)c2ccc(NC(=O)Nc3ccccc3)cc2OC[C@@H](C)N(C(C)=O)C[C@@H]1C. The summed E-state index contributed by atoms with van der Waals surface area (Å²) >= 11 is 0. The molecule has 0 aliphatic carbocycles. The zero-order valence-electron chi connectivity index (χ0n) is 20.9. The van der Waals surface area contributed by atoms with E-state index in [4.69, 9.17) is 9.47 Å². The van der Waals surface area contributed by atoms with Gasteiger partial charge in [0.2, 0.25) is 5.91 Å². The summed E-state index contributed by atoms with van der Waals surface area (Å²) in [5.41, 5.74) is 1.50. The Kier molecular flexibility index (Phi) is 8.70. The number of rotatable bonds is 3. The standard InChI is InChI=1S/C26H34N4O5/c1-17-14-30(19(3)31)18(2)16-35-23-13-21(28-26(33)27-20-9-7-6-8-10-20)11-12-22(23)25(32)29(4)15-24(17)34-5/h6-13,17-18,24H,14-16H2,1-5H3,(H2,27,28,33)/t17-,18+,24+/m0/s1. The number of para-hydroxylation sites is 1. The number of carbonyl (C=O) groups excluding carboxylic acids is 3. The van der Waals surface area contributed by atoms with Crippen molar-refractivity contribution >= 4 is 29.2 Å². The first-order chi connectivity index (χ1) is 16.7. The fourth-order valence-electron chi connectivity index (χ4n) is 4.10. The van der Waals surface area contributed by atoms with Crippen molar-refractivity contribution in [3.8, 4) is 5.75 Å². The van der Waals surface area contributed by atoms with Crippen molar-refractivity contribution in [1.29, 1.82) is 0 Å². The number of benzene rings is 2. The summed E-state index contributed by atoms with van der Waals surface area (Å²) in [6.07, 6.45) is -0.246. The summed E-state index contributed by atoms with van der Waals surface area (Å²) in [5.74, 6) is 0.0659. The van der Waals surface area contributed by atoms with Crippen molar-refractivity contribution in [3.05, 3.63) is 54.1 Å². The number of anilines is 2. The van der Waals surface area contributed by atoms with Crippen LogP contribution in [-0.4, -0.2) is 73.6 Å². The smallest absolute Gasteiger partial charge is 0.323 e. The van der Waals surface area contributed by atoms with Crippen LogP contribution in [-0.2, 0) is 9.53 Å². The average Bonchev–Trinajstić information content (AvgIpc) is 2.83. The molecular weight excluding hydrogens is 448 g/mol. The highest BCUT2D eigenvalue weighted by Crippen LogP contribution is 2.27. The van der Waals surface area contributed by atoms with Crippen LogP contribution < -0.4 is 15.4 Å². The Morgan fingerprint density at radius 2 is 1.71 bits per heavy atom. The minimum atomic E-state index is -0.416. The van der Waals surface area contributed by atoms with Gasteiger partial charge in [-0.25, -0.2) is 4.79 Å². The number of nitrogens with one attached hydrogen (secondary N) is 2. The third-order valence-corrected chi connectivity index (χ3v) is 6.14. The van der Waals surface area contributed by atoms with Crippen LogP contribution in [0.15, 0.2) is 48.5 Å². The van der Waals surface area contributed by atoms with Crippen molar-refractivity contribution in [2.45, 2.75) is 32.9 Å². The number of urea groups is 1. The monoisotopic (exact) mass is 482 g/mol. The second kappa shape index (κ2) is 11.7. The lowest BCUT2D eigenvalue weighted by Crippen LogP contribution is -2.48. The van der Waals surface area contributed by atoms with Crippen molar-refractivity contribution in [3.63, 3.8) is 0 Å². The molecule has 0 spiro atoms. The summed E-state index contributed by atoms with van der Waals surface area (Å²) in [6, 6.07) is 13.4. The summed E-state index contributed by atoms with van der Waals surface area (Å²) in [6.45, 7) is 6.48. The first-order valence-electron chi connectivity index (χ1n) is 11.6. The van der Waals surface area contributed by atoms with Crippen molar-refractivity contribution in [2.75, 3.05) is 44.5 Å². The fourth-order valence-corrected chi connectivity index (χ4v) is 4.10. The van der Waals surface area contributed by atoms with Crippen LogP contribution in [0.4, 0.5) is 16.2 Å². The van der Waals surface area contributed by atoms with Crippen LogP contribution in [0.5, 0.6) is 5.75 Å². The summed E-state index contributed by atoms with van der Waals surface area (Å²) in [4.78, 5) is 41.4. The van der Waals surface area contributed by atoms with Crippen molar-refractivity contribution < 1.29 is 23.9 Å². The van der Waals surface area contributed by atoms with Crippen molar-refractivity contribution in [1.82, 2.24) is 9.80 Å². The molecule has 1 heterocycles. The summed E-state index contributed by atoms with van der Waals surface area (Å²) in [7, 11) is 3.32. The maximum atomic E-state index is 13.3. The van der Waals surface area contributed by atoms with E-state index in [1.165, 1.54) is 6.92 Å². The molecule has 1 aliphatic heterocycles. The molecule has 0 fully saturated rings. The highest BCUT2D eigenvalue weighted by Gasteiger charge is 2.29. The van der Waals surface area contributed by atoms with Gasteiger partial charge < -0.3 is 29.9 Å². The first kappa shape index (κ1) is 26.0. The number of amides is 4. The number of ether oxygens (including phenoxy) is 2. The van der Waals surface area contributed by atoms with Gasteiger partial charge in [0.25, 0.3) is 5.91 Å². The molecule has 1 aliphatic rings. The highest BCUT2D eigenvalue weighted by atomic mass is 16.5. The Labute approximate surface area is 206 Å². The van der Waals surface area contributed by atoms with Crippen LogP contribution in [0.2, 0.25) is 0 Å². The lowest BCUT2D eigenvalue weighted by Gasteiger charge is -2.35. The lowest BCUT2D eigenvalue weighted by atomic mass is 10.0. The van der Waals surface area contributed by atoms with E-state index in [-0.39, 0.29) is 36.5 Å². The minimum Gasteiger partial charge on any atom is -0.491 e. The maximum Gasteiger partial charge on any atom is 0.323 e. The van der Waals surface area contributed by atoms with E-state index >= 15 is 0 Å². The van der Waals surface area contributed by atoms with E-state index in [2.05, 4.69) is 10.6 Å². The molecule has 0 aromatic heterocycles. The molecule has 4 amide bonds. The number of nitrogens with zero attached hydrogens (tertiary/aromatic N) is 2. The summed E-state index contributed by atoms with van der Waals surface area (Å²) < 4.78 is 11.7. The number of methoxy groups -OCH3 is 1. The number of fused-ring (bicyclic) bond motifs is 1. The van der Waals surface area contributed by atoms with Crippen LogP contribution >= 0.6 is 0 Å². The molecule has 0 bridgehead atoms. The minimum absolute atomic E-state index is 0.00944. The third-order valence-electron chi connectivity index (χ3n) is 6.14. The van der Waals surface area contributed by atoms with Gasteiger partial charge in [0, 0.05) is 57.5 Å². The molecule has 2 N–H and O–H groups in total. The first-order valence-corrected chi connectivity index (χ1v) is 11.6. The van der Waals surface area contributed by atoms with Crippen LogP contribution in [0.3, 0.4) is 0 Å².